The van der Waals surface area contributed by atoms with Gasteiger partial charge in [0, 0.05) is 6.61 Å². The summed E-state index contributed by atoms with van der Waals surface area (Å²) < 4.78 is 16.7. The van der Waals surface area contributed by atoms with Gasteiger partial charge in [-0.2, -0.15) is 0 Å². The van der Waals surface area contributed by atoms with Crippen LogP contribution in [0.2, 0.25) is 0 Å². The quantitative estimate of drug-likeness (QED) is 0.717. The molecular formula is C19H26O6. The molecule has 0 aromatic heterocycles. The van der Waals surface area contributed by atoms with Crippen molar-refractivity contribution < 1.29 is 29.5 Å². The second kappa shape index (κ2) is 6.85. The Morgan fingerprint density at radius 1 is 1.00 bits per heavy atom. The first-order chi connectivity index (χ1) is 12.0. The van der Waals surface area contributed by atoms with E-state index in [-0.39, 0.29) is 18.0 Å². The molecule has 4 rings (SSSR count). The lowest BCUT2D eigenvalue weighted by Crippen LogP contribution is -2.36. The summed E-state index contributed by atoms with van der Waals surface area (Å²) in [7, 11) is 0. The minimum atomic E-state index is -3.14. The first kappa shape index (κ1) is 17.2. The Balaban J connectivity index is 1.40. The lowest BCUT2D eigenvalue weighted by molar-refractivity contribution is -0.419. The molecule has 138 valence electrons. The molecule has 6 nitrogen and oxygen atoms in total. The Hall–Kier alpha value is -1.18. The van der Waals surface area contributed by atoms with Crippen molar-refractivity contribution in [2.24, 2.45) is 11.8 Å². The molecule has 6 heteroatoms. The fourth-order valence-electron chi connectivity index (χ4n) is 4.76. The minimum absolute atomic E-state index is 0.214. The van der Waals surface area contributed by atoms with Crippen molar-refractivity contribution in [3.63, 3.8) is 0 Å². The number of hydrogen-bond acceptors (Lipinski definition) is 6. The summed E-state index contributed by atoms with van der Waals surface area (Å²) in [5.74, 6) is 1.84. The van der Waals surface area contributed by atoms with Gasteiger partial charge in [0.1, 0.15) is 5.75 Å². The first-order valence-electron chi connectivity index (χ1n) is 9.19. The summed E-state index contributed by atoms with van der Waals surface area (Å²) in [4.78, 5) is 0. The van der Waals surface area contributed by atoms with Crippen molar-refractivity contribution in [3.05, 3.63) is 29.8 Å². The van der Waals surface area contributed by atoms with Crippen LogP contribution < -0.4 is 4.74 Å². The van der Waals surface area contributed by atoms with E-state index < -0.39 is 6.16 Å². The summed E-state index contributed by atoms with van der Waals surface area (Å²) in [6.07, 6.45) is 3.05. The van der Waals surface area contributed by atoms with Gasteiger partial charge in [-0.1, -0.05) is 12.1 Å². The van der Waals surface area contributed by atoms with Crippen molar-refractivity contribution in [1.29, 1.82) is 0 Å². The van der Waals surface area contributed by atoms with Crippen molar-refractivity contribution in [1.82, 2.24) is 0 Å². The van der Waals surface area contributed by atoms with Gasteiger partial charge in [0.25, 0.3) is 0 Å². The average Bonchev–Trinajstić information content (AvgIpc) is 3.15. The van der Waals surface area contributed by atoms with Crippen LogP contribution in [0.1, 0.15) is 43.6 Å². The molecule has 25 heavy (non-hydrogen) atoms. The predicted octanol–water partition coefficient (Wildman–Crippen LogP) is 1.73. The third kappa shape index (κ3) is 3.83. The Labute approximate surface area is 147 Å². The third-order valence-electron chi connectivity index (χ3n) is 5.86. The molecule has 5 unspecified atom stereocenters. The Kier molecular flexibility index (Phi) is 4.73. The van der Waals surface area contributed by atoms with Gasteiger partial charge in [-0.25, -0.2) is 0 Å². The normalized spacial score (nSPS) is 35.6. The highest BCUT2D eigenvalue weighted by molar-refractivity contribution is 5.30. The molecule has 2 heterocycles. The van der Waals surface area contributed by atoms with Gasteiger partial charge in [-0.05, 0) is 67.6 Å². The SMILES string of the molecule is OC(O)(O)Oc1ccc(C2CC3COC(C4CCCCO4)C3C2)cc1. The molecule has 1 aromatic carbocycles. The molecule has 0 amide bonds. The van der Waals surface area contributed by atoms with E-state index in [0.29, 0.717) is 17.8 Å². The molecule has 3 fully saturated rings. The topological polar surface area (TPSA) is 88.4 Å². The highest BCUT2D eigenvalue weighted by atomic mass is 16.9. The summed E-state index contributed by atoms with van der Waals surface area (Å²) in [6.45, 7) is 1.68. The van der Waals surface area contributed by atoms with E-state index in [4.69, 9.17) is 24.8 Å². The lowest BCUT2D eigenvalue weighted by atomic mass is 9.88. The number of aliphatic hydroxyl groups is 3. The highest BCUT2D eigenvalue weighted by Crippen LogP contribution is 2.49. The lowest BCUT2D eigenvalue weighted by Gasteiger charge is -2.30. The maximum absolute atomic E-state index is 8.88. The van der Waals surface area contributed by atoms with Crippen molar-refractivity contribution in [2.45, 2.75) is 56.4 Å². The van der Waals surface area contributed by atoms with Crippen molar-refractivity contribution in [3.8, 4) is 5.75 Å². The fraction of sp³-hybridized carbons (Fsp3) is 0.684. The molecule has 2 saturated heterocycles. The molecule has 1 aliphatic carbocycles. The van der Waals surface area contributed by atoms with Crippen LogP contribution >= 0.6 is 0 Å². The van der Waals surface area contributed by atoms with E-state index in [1.165, 1.54) is 12.0 Å². The van der Waals surface area contributed by atoms with Gasteiger partial charge in [0.2, 0.25) is 0 Å². The van der Waals surface area contributed by atoms with E-state index in [9.17, 15) is 0 Å². The van der Waals surface area contributed by atoms with E-state index in [1.54, 1.807) is 12.1 Å². The van der Waals surface area contributed by atoms with E-state index in [2.05, 4.69) is 4.74 Å². The standard InChI is InChI=1S/C19H26O6/c20-19(21,22)25-15-6-4-12(5-7-15)13-9-14-11-24-18(16(14)10-13)17-3-1-2-8-23-17/h4-7,13-14,16-18,20-22H,1-3,8-11H2. The van der Waals surface area contributed by atoms with Crippen LogP contribution in [0.25, 0.3) is 0 Å². The minimum Gasteiger partial charge on any atom is -0.417 e. The molecule has 0 bridgehead atoms. The van der Waals surface area contributed by atoms with Crippen LogP contribution in [-0.4, -0.2) is 46.9 Å². The maximum Gasteiger partial charge on any atom is 0.453 e. The van der Waals surface area contributed by atoms with Gasteiger partial charge < -0.3 is 29.5 Å². The van der Waals surface area contributed by atoms with Crippen LogP contribution in [0, 0.1) is 11.8 Å². The summed E-state index contributed by atoms with van der Waals surface area (Å²) in [5, 5.41) is 26.6. The highest BCUT2D eigenvalue weighted by Gasteiger charge is 2.47. The second-order valence-electron chi connectivity index (χ2n) is 7.54. The van der Waals surface area contributed by atoms with Crippen molar-refractivity contribution >= 4 is 0 Å². The molecule has 3 N–H and O–H groups in total. The summed E-state index contributed by atoms with van der Waals surface area (Å²) >= 11 is 0. The van der Waals surface area contributed by atoms with Gasteiger partial charge in [-0.3, -0.25) is 0 Å². The van der Waals surface area contributed by atoms with Crippen molar-refractivity contribution in [2.75, 3.05) is 13.2 Å². The predicted molar refractivity (Wildman–Crippen MR) is 88.7 cm³/mol. The summed E-state index contributed by atoms with van der Waals surface area (Å²) in [5.41, 5.74) is 1.21. The largest absolute Gasteiger partial charge is 0.453 e. The van der Waals surface area contributed by atoms with Crippen LogP contribution in [-0.2, 0) is 9.47 Å². The molecule has 1 aromatic rings. The average molecular weight is 350 g/mol. The smallest absolute Gasteiger partial charge is 0.417 e. The Morgan fingerprint density at radius 3 is 2.48 bits per heavy atom. The monoisotopic (exact) mass is 350 g/mol. The first-order valence-corrected chi connectivity index (χ1v) is 9.19. The maximum atomic E-state index is 8.88. The van der Waals surface area contributed by atoms with Crippen LogP contribution in [0.4, 0.5) is 0 Å². The zero-order chi connectivity index (χ0) is 17.4. The number of fused-ring (bicyclic) bond motifs is 1. The number of benzene rings is 1. The Bertz CT molecular complexity index is 575. The zero-order valence-electron chi connectivity index (χ0n) is 14.2. The number of rotatable bonds is 4. The van der Waals surface area contributed by atoms with Crippen LogP contribution in [0.15, 0.2) is 24.3 Å². The van der Waals surface area contributed by atoms with Gasteiger partial charge in [0.05, 0.1) is 18.8 Å². The second-order valence-corrected chi connectivity index (χ2v) is 7.54. The molecule has 3 aliphatic rings. The molecule has 2 aliphatic heterocycles. The fourth-order valence-corrected chi connectivity index (χ4v) is 4.76. The van der Waals surface area contributed by atoms with Gasteiger partial charge in [0.15, 0.2) is 0 Å². The molecule has 1 saturated carbocycles. The molecule has 5 atom stereocenters. The van der Waals surface area contributed by atoms with E-state index in [0.717, 1.165) is 38.9 Å². The Morgan fingerprint density at radius 2 is 1.80 bits per heavy atom. The summed E-state index contributed by atoms with van der Waals surface area (Å²) in [6, 6.07) is 7.16. The number of ether oxygens (including phenoxy) is 3. The molecular weight excluding hydrogens is 324 g/mol. The van der Waals surface area contributed by atoms with Crippen LogP contribution in [0.3, 0.4) is 0 Å². The van der Waals surface area contributed by atoms with E-state index >= 15 is 0 Å². The molecule has 0 radical (unpaired) electrons. The third-order valence-corrected chi connectivity index (χ3v) is 5.86. The molecule has 0 spiro atoms. The van der Waals surface area contributed by atoms with Crippen LogP contribution in [0.5, 0.6) is 5.75 Å². The van der Waals surface area contributed by atoms with Gasteiger partial charge in [-0.15, -0.1) is 0 Å². The van der Waals surface area contributed by atoms with E-state index in [1.807, 2.05) is 12.1 Å². The number of hydrogen-bond donors (Lipinski definition) is 3. The van der Waals surface area contributed by atoms with Gasteiger partial charge >= 0.3 is 6.16 Å². The zero-order valence-corrected chi connectivity index (χ0v) is 14.2.